The molecule has 0 aliphatic carbocycles. The Morgan fingerprint density at radius 1 is 1.45 bits per heavy atom. The van der Waals surface area contributed by atoms with Gasteiger partial charge in [-0.05, 0) is 25.0 Å². The van der Waals surface area contributed by atoms with Gasteiger partial charge in [0.2, 0.25) is 0 Å². The molecule has 3 atom stereocenters. The number of benzene rings is 1. The van der Waals surface area contributed by atoms with Crippen molar-refractivity contribution in [3.63, 3.8) is 0 Å². The van der Waals surface area contributed by atoms with Gasteiger partial charge in [0.15, 0.2) is 0 Å². The maximum absolute atomic E-state index is 12.3. The molecule has 1 saturated heterocycles. The number of rotatable bonds is 4. The van der Waals surface area contributed by atoms with Gasteiger partial charge in [0, 0.05) is 32.2 Å². The minimum absolute atomic E-state index is 0.144. The van der Waals surface area contributed by atoms with Gasteiger partial charge in [-0.3, -0.25) is 4.21 Å². The Kier molecular flexibility index (Phi) is 4.54. The van der Waals surface area contributed by atoms with Crippen LogP contribution >= 0.6 is 23.2 Å². The highest BCUT2D eigenvalue weighted by atomic mass is 35.5. The molecule has 5 nitrogen and oxygen atoms in total. The summed E-state index contributed by atoms with van der Waals surface area (Å²) in [6.07, 6.45) is 4.42. The SMILES string of the molecule is O=S1CCC[C@H]1[C@](O)(Cn1cncn1)c1ccc(Cl)cc1Cl. The molecule has 1 unspecified atom stereocenters. The molecule has 2 heterocycles. The first-order chi connectivity index (χ1) is 10.5. The molecule has 1 N–H and O–H groups in total. The molecule has 1 aromatic carbocycles. The molecule has 1 aliphatic rings. The Bertz CT molecular complexity index is 695. The fraction of sp³-hybridized carbons (Fsp3) is 0.429. The van der Waals surface area contributed by atoms with Crippen LogP contribution in [0.2, 0.25) is 10.0 Å². The van der Waals surface area contributed by atoms with Crippen molar-refractivity contribution in [1.29, 1.82) is 0 Å². The summed E-state index contributed by atoms with van der Waals surface area (Å²) in [7, 11) is -1.11. The van der Waals surface area contributed by atoms with E-state index in [1.165, 1.54) is 17.3 Å². The summed E-state index contributed by atoms with van der Waals surface area (Å²) in [6.45, 7) is 0.144. The van der Waals surface area contributed by atoms with Crippen LogP contribution in [-0.4, -0.2) is 35.1 Å². The van der Waals surface area contributed by atoms with Crippen molar-refractivity contribution in [3.8, 4) is 0 Å². The molecule has 0 saturated carbocycles. The van der Waals surface area contributed by atoms with Gasteiger partial charge in [-0.1, -0.05) is 29.3 Å². The summed E-state index contributed by atoms with van der Waals surface area (Å²) in [6, 6.07) is 4.95. The third-order valence-corrected chi connectivity index (χ3v) is 6.43. The van der Waals surface area contributed by atoms with E-state index in [4.69, 9.17) is 23.2 Å². The Morgan fingerprint density at radius 3 is 2.86 bits per heavy atom. The standard InChI is InChI=1S/C14H15Cl2N3O2S/c15-10-3-4-11(12(16)6-10)14(20,7-19-9-17-8-18-19)13-2-1-5-22(13)21/h3-4,6,8-9,13,20H,1-2,5,7H2/t13-,14-,22?/m0/s1. The highest BCUT2D eigenvalue weighted by molar-refractivity contribution is 7.86. The Labute approximate surface area is 140 Å². The van der Waals surface area contributed by atoms with E-state index < -0.39 is 21.7 Å². The van der Waals surface area contributed by atoms with Gasteiger partial charge in [-0.25, -0.2) is 9.67 Å². The summed E-state index contributed by atoms with van der Waals surface area (Å²) in [4.78, 5) is 3.89. The summed E-state index contributed by atoms with van der Waals surface area (Å²) in [5.41, 5.74) is -0.856. The lowest BCUT2D eigenvalue weighted by Gasteiger charge is -2.34. The number of aromatic nitrogens is 3. The highest BCUT2D eigenvalue weighted by Crippen LogP contribution is 2.40. The van der Waals surface area contributed by atoms with Gasteiger partial charge in [-0.15, -0.1) is 0 Å². The minimum atomic E-state index is -1.38. The van der Waals surface area contributed by atoms with E-state index in [1.54, 1.807) is 18.2 Å². The largest absolute Gasteiger partial charge is 0.382 e. The first-order valence-corrected chi connectivity index (χ1v) is 9.02. The van der Waals surface area contributed by atoms with Crippen LogP contribution in [0.25, 0.3) is 0 Å². The van der Waals surface area contributed by atoms with Crippen LogP contribution in [0.5, 0.6) is 0 Å². The lowest BCUT2D eigenvalue weighted by atomic mass is 9.88. The van der Waals surface area contributed by atoms with Crippen LogP contribution in [0, 0.1) is 0 Å². The van der Waals surface area contributed by atoms with Crippen molar-refractivity contribution in [2.24, 2.45) is 0 Å². The zero-order chi connectivity index (χ0) is 15.7. The quantitative estimate of drug-likeness (QED) is 0.909. The minimum Gasteiger partial charge on any atom is -0.382 e. The van der Waals surface area contributed by atoms with Crippen LogP contribution in [0.1, 0.15) is 18.4 Å². The van der Waals surface area contributed by atoms with Gasteiger partial charge in [-0.2, -0.15) is 5.10 Å². The zero-order valence-electron chi connectivity index (χ0n) is 11.7. The van der Waals surface area contributed by atoms with Gasteiger partial charge in [0.1, 0.15) is 18.3 Å². The maximum atomic E-state index is 12.3. The van der Waals surface area contributed by atoms with Crippen LogP contribution < -0.4 is 0 Å². The molecule has 3 rings (SSSR count). The Balaban J connectivity index is 2.07. The molecule has 0 spiro atoms. The predicted octanol–water partition coefficient (Wildman–Crippen LogP) is 2.38. The predicted molar refractivity (Wildman–Crippen MR) is 86.4 cm³/mol. The van der Waals surface area contributed by atoms with Crippen LogP contribution in [0.4, 0.5) is 0 Å². The smallest absolute Gasteiger partial charge is 0.137 e. The van der Waals surface area contributed by atoms with Crippen LogP contribution in [0.15, 0.2) is 30.9 Å². The first kappa shape index (κ1) is 15.9. The number of halogens is 2. The molecule has 118 valence electrons. The molecule has 0 bridgehead atoms. The van der Waals surface area contributed by atoms with Crippen molar-refractivity contribution >= 4 is 34.0 Å². The molecule has 1 aromatic heterocycles. The van der Waals surface area contributed by atoms with Crippen molar-refractivity contribution < 1.29 is 9.32 Å². The second-order valence-corrected chi connectivity index (χ2v) is 7.94. The monoisotopic (exact) mass is 359 g/mol. The highest BCUT2D eigenvalue weighted by Gasteiger charge is 2.45. The van der Waals surface area contributed by atoms with Crippen molar-refractivity contribution in [3.05, 3.63) is 46.5 Å². The van der Waals surface area contributed by atoms with E-state index >= 15 is 0 Å². The van der Waals surface area contributed by atoms with E-state index in [2.05, 4.69) is 10.1 Å². The van der Waals surface area contributed by atoms with Gasteiger partial charge in [0.05, 0.1) is 11.8 Å². The summed E-state index contributed by atoms with van der Waals surface area (Å²) in [5.74, 6) is 0.593. The first-order valence-electron chi connectivity index (χ1n) is 6.88. The van der Waals surface area contributed by atoms with Crippen molar-refractivity contribution in [2.75, 3.05) is 5.75 Å². The van der Waals surface area contributed by atoms with E-state index in [1.807, 2.05) is 0 Å². The topological polar surface area (TPSA) is 68.0 Å². The van der Waals surface area contributed by atoms with Gasteiger partial charge < -0.3 is 5.11 Å². The molecule has 0 radical (unpaired) electrons. The van der Waals surface area contributed by atoms with E-state index in [9.17, 15) is 9.32 Å². The summed E-state index contributed by atoms with van der Waals surface area (Å²) < 4.78 is 13.9. The number of nitrogens with zero attached hydrogens (tertiary/aromatic N) is 3. The molecule has 1 aliphatic heterocycles. The van der Waals surface area contributed by atoms with Crippen LogP contribution in [0.3, 0.4) is 0 Å². The zero-order valence-corrected chi connectivity index (χ0v) is 14.0. The third-order valence-electron chi connectivity index (χ3n) is 3.93. The fourth-order valence-corrected chi connectivity index (χ4v) is 5.28. The number of aliphatic hydroxyl groups is 1. The molecule has 0 amide bonds. The Hall–Kier alpha value is -0.950. The average molecular weight is 360 g/mol. The lowest BCUT2D eigenvalue weighted by Crippen LogP contribution is -2.44. The van der Waals surface area contributed by atoms with E-state index in [0.717, 1.165) is 6.42 Å². The second kappa shape index (κ2) is 6.28. The molecule has 2 aromatic rings. The van der Waals surface area contributed by atoms with Crippen molar-refractivity contribution in [1.82, 2.24) is 14.8 Å². The van der Waals surface area contributed by atoms with E-state index in [0.29, 0.717) is 27.8 Å². The van der Waals surface area contributed by atoms with Gasteiger partial charge in [0.25, 0.3) is 0 Å². The lowest BCUT2D eigenvalue weighted by molar-refractivity contribution is 0.0112. The van der Waals surface area contributed by atoms with E-state index in [-0.39, 0.29) is 6.54 Å². The average Bonchev–Trinajstić information content (AvgIpc) is 3.10. The molecule has 22 heavy (non-hydrogen) atoms. The Morgan fingerprint density at radius 2 is 2.27 bits per heavy atom. The van der Waals surface area contributed by atoms with Gasteiger partial charge >= 0.3 is 0 Å². The third kappa shape index (κ3) is 2.93. The molecular formula is C14H15Cl2N3O2S. The molecule has 1 fully saturated rings. The normalized spacial score (nSPS) is 24.3. The molecular weight excluding hydrogens is 345 g/mol. The molecule has 8 heteroatoms. The second-order valence-electron chi connectivity index (χ2n) is 5.36. The summed E-state index contributed by atoms with van der Waals surface area (Å²) in [5, 5.41) is 15.9. The number of hydrogen-bond donors (Lipinski definition) is 1. The fourth-order valence-electron chi connectivity index (χ4n) is 2.90. The van der Waals surface area contributed by atoms with Crippen molar-refractivity contribution in [2.45, 2.75) is 30.2 Å². The maximum Gasteiger partial charge on any atom is 0.137 e. The summed E-state index contributed by atoms with van der Waals surface area (Å²) >= 11 is 12.2. The van der Waals surface area contributed by atoms with Crippen LogP contribution in [-0.2, 0) is 22.9 Å². The number of hydrogen-bond acceptors (Lipinski definition) is 4.